The van der Waals surface area contributed by atoms with E-state index in [-0.39, 0.29) is 36.2 Å². The number of phenolic OH excluding ortho intramolecular Hbond substituents is 1. The van der Waals surface area contributed by atoms with Gasteiger partial charge < -0.3 is 54.7 Å². The van der Waals surface area contributed by atoms with Crippen LogP contribution in [0.25, 0.3) is 0 Å². The number of aliphatic hydroxyl groups is 6. The van der Waals surface area contributed by atoms with E-state index in [0.29, 0.717) is 18.4 Å². The maximum absolute atomic E-state index is 10.8. The minimum Gasteiger partial charge on any atom is -0.504 e. The van der Waals surface area contributed by atoms with Crippen molar-refractivity contribution in [3.8, 4) is 23.0 Å². The zero-order valence-corrected chi connectivity index (χ0v) is 19.2. The van der Waals surface area contributed by atoms with Crippen LogP contribution in [-0.4, -0.2) is 93.4 Å². The molecular formula is C24H32O11. The molecule has 0 unspecified atom stereocenters. The molecule has 7 N–H and O–H groups in total. The molecule has 194 valence electrons. The third-order valence-corrected chi connectivity index (χ3v) is 5.68. The smallest absolute Gasteiger partial charge is 0.229 e. The van der Waals surface area contributed by atoms with Gasteiger partial charge in [0.1, 0.15) is 24.4 Å². The molecule has 0 aliphatic carbocycles. The Morgan fingerprint density at radius 2 is 1.74 bits per heavy atom. The Labute approximate surface area is 202 Å². The second-order valence-electron chi connectivity index (χ2n) is 8.19. The molecule has 35 heavy (non-hydrogen) atoms. The van der Waals surface area contributed by atoms with Crippen molar-refractivity contribution in [2.75, 3.05) is 26.9 Å². The van der Waals surface area contributed by atoms with E-state index in [9.17, 15) is 30.6 Å². The van der Waals surface area contributed by atoms with Gasteiger partial charge in [0.15, 0.2) is 29.1 Å². The molecule has 2 aromatic rings. The molecule has 0 amide bonds. The minimum absolute atomic E-state index is 0.0322. The summed E-state index contributed by atoms with van der Waals surface area (Å²) in [5.41, 5.74) is 1.12. The first-order valence-electron chi connectivity index (χ1n) is 11.2. The average molecular weight is 497 g/mol. The Hall–Kier alpha value is -2.64. The summed E-state index contributed by atoms with van der Waals surface area (Å²) in [6.07, 6.45) is -6.75. The predicted octanol–water partition coefficient (Wildman–Crippen LogP) is -0.383. The Morgan fingerprint density at radius 3 is 2.40 bits per heavy atom. The molecule has 0 radical (unpaired) electrons. The fourth-order valence-electron chi connectivity index (χ4n) is 3.65. The largest absolute Gasteiger partial charge is 0.504 e. The molecule has 1 fully saturated rings. The number of aromatic hydroxyl groups is 1. The van der Waals surface area contributed by atoms with Crippen molar-refractivity contribution in [2.45, 2.75) is 49.7 Å². The van der Waals surface area contributed by atoms with E-state index in [1.807, 2.05) is 0 Å². The summed E-state index contributed by atoms with van der Waals surface area (Å²) in [5, 5.41) is 69.3. The zero-order chi connectivity index (χ0) is 25.5. The van der Waals surface area contributed by atoms with E-state index in [1.54, 1.807) is 6.07 Å². The predicted molar refractivity (Wildman–Crippen MR) is 121 cm³/mol. The van der Waals surface area contributed by atoms with E-state index < -0.39 is 43.4 Å². The van der Waals surface area contributed by atoms with Crippen molar-refractivity contribution in [3.05, 3.63) is 47.5 Å². The fraction of sp³-hybridized carbons (Fsp3) is 0.500. The topological polar surface area (TPSA) is 179 Å². The monoisotopic (exact) mass is 496 g/mol. The van der Waals surface area contributed by atoms with Crippen LogP contribution < -0.4 is 14.2 Å². The van der Waals surface area contributed by atoms with Crippen molar-refractivity contribution in [3.63, 3.8) is 0 Å². The van der Waals surface area contributed by atoms with Crippen LogP contribution in [0.3, 0.4) is 0 Å². The van der Waals surface area contributed by atoms with E-state index in [4.69, 9.17) is 24.1 Å². The number of hydrogen-bond acceptors (Lipinski definition) is 11. The van der Waals surface area contributed by atoms with Gasteiger partial charge in [-0.25, -0.2) is 0 Å². The van der Waals surface area contributed by atoms with Gasteiger partial charge in [-0.05, 0) is 48.2 Å². The molecule has 1 heterocycles. The van der Waals surface area contributed by atoms with Gasteiger partial charge in [0.2, 0.25) is 6.29 Å². The molecule has 1 aliphatic heterocycles. The lowest BCUT2D eigenvalue weighted by molar-refractivity contribution is -0.242. The first-order valence-corrected chi connectivity index (χ1v) is 11.2. The molecule has 11 heteroatoms. The van der Waals surface area contributed by atoms with Crippen molar-refractivity contribution in [1.82, 2.24) is 0 Å². The molecule has 0 bridgehead atoms. The molecule has 0 spiro atoms. The number of aliphatic hydroxyl groups excluding tert-OH is 6. The van der Waals surface area contributed by atoms with Gasteiger partial charge >= 0.3 is 0 Å². The number of methoxy groups -OCH3 is 1. The van der Waals surface area contributed by atoms with Gasteiger partial charge in [-0.2, -0.15) is 0 Å². The molecule has 0 aromatic heterocycles. The Kier molecular flexibility index (Phi) is 9.52. The van der Waals surface area contributed by atoms with Crippen LogP contribution >= 0.6 is 0 Å². The summed E-state index contributed by atoms with van der Waals surface area (Å²) < 4.78 is 21.8. The van der Waals surface area contributed by atoms with Crippen LogP contribution in [0.15, 0.2) is 36.4 Å². The lowest BCUT2D eigenvalue weighted by Crippen LogP contribution is -2.54. The number of hydrogen-bond donors (Lipinski definition) is 7. The van der Waals surface area contributed by atoms with Gasteiger partial charge in [0, 0.05) is 6.61 Å². The third kappa shape index (κ3) is 6.53. The number of ether oxygens (including phenoxy) is 4. The molecule has 2 aromatic carbocycles. The maximum atomic E-state index is 10.8. The van der Waals surface area contributed by atoms with Crippen LogP contribution in [0.2, 0.25) is 0 Å². The minimum atomic E-state index is -1.50. The van der Waals surface area contributed by atoms with E-state index in [1.165, 1.54) is 37.4 Å². The molecule has 11 nitrogen and oxygen atoms in total. The summed E-state index contributed by atoms with van der Waals surface area (Å²) >= 11 is 0. The van der Waals surface area contributed by atoms with Gasteiger partial charge in [-0.15, -0.1) is 0 Å². The summed E-state index contributed by atoms with van der Waals surface area (Å²) in [6, 6.07) is 9.14. The van der Waals surface area contributed by atoms with Crippen molar-refractivity contribution >= 4 is 0 Å². The van der Waals surface area contributed by atoms with Gasteiger partial charge in [0.05, 0.1) is 20.3 Å². The van der Waals surface area contributed by atoms with Crippen LogP contribution in [0.4, 0.5) is 0 Å². The van der Waals surface area contributed by atoms with Crippen LogP contribution in [0.5, 0.6) is 23.0 Å². The highest BCUT2D eigenvalue weighted by Gasteiger charge is 2.39. The second-order valence-corrected chi connectivity index (χ2v) is 8.19. The summed E-state index contributed by atoms with van der Waals surface area (Å²) in [4.78, 5) is 0. The summed E-state index contributed by atoms with van der Waals surface area (Å²) in [5.74, 6) is 0.233. The normalized spacial score (nSPS) is 24.0. The fourth-order valence-corrected chi connectivity index (χ4v) is 3.65. The second kappa shape index (κ2) is 12.4. The van der Waals surface area contributed by atoms with Crippen molar-refractivity contribution in [2.24, 2.45) is 0 Å². The molecule has 3 rings (SSSR count). The molecular weight excluding hydrogens is 464 g/mol. The van der Waals surface area contributed by atoms with Crippen LogP contribution in [0, 0.1) is 0 Å². The van der Waals surface area contributed by atoms with Crippen LogP contribution in [0.1, 0.15) is 23.7 Å². The molecule has 1 aliphatic rings. The van der Waals surface area contributed by atoms with E-state index >= 15 is 0 Å². The number of benzene rings is 2. The molecule has 6 atom stereocenters. The van der Waals surface area contributed by atoms with E-state index in [2.05, 4.69) is 0 Å². The maximum Gasteiger partial charge on any atom is 0.229 e. The van der Waals surface area contributed by atoms with E-state index in [0.717, 1.165) is 5.56 Å². The van der Waals surface area contributed by atoms with Crippen molar-refractivity contribution < 1.29 is 54.7 Å². The van der Waals surface area contributed by atoms with Crippen molar-refractivity contribution in [1.29, 1.82) is 0 Å². The summed E-state index contributed by atoms with van der Waals surface area (Å²) in [6.45, 7) is -0.757. The first-order chi connectivity index (χ1) is 16.8. The lowest BCUT2D eigenvalue weighted by Gasteiger charge is -2.35. The third-order valence-electron chi connectivity index (χ3n) is 5.68. The first kappa shape index (κ1) is 27.0. The highest BCUT2D eigenvalue weighted by atomic mass is 16.7. The van der Waals surface area contributed by atoms with Crippen LogP contribution in [-0.2, 0) is 11.2 Å². The Bertz CT molecular complexity index is 953. The Morgan fingerprint density at radius 1 is 1.00 bits per heavy atom. The highest BCUT2D eigenvalue weighted by Crippen LogP contribution is 2.35. The quantitative estimate of drug-likeness (QED) is 0.216. The Balaban J connectivity index is 1.72. The van der Waals surface area contributed by atoms with Gasteiger partial charge in [-0.1, -0.05) is 12.1 Å². The number of rotatable bonds is 11. The average Bonchev–Trinajstić information content (AvgIpc) is 2.87. The summed E-state index contributed by atoms with van der Waals surface area (Å²) in [7, 11) is 1.37. The SMILES string of the molecule is COc1cc([C@@H](O)[C@H](CO)Oc2ccc(CCCO)cc2O)ccc1O[C@@H]1OC[C@H](O)[C@@H](O)[C@@H]1O. The molecule has 1 saturated heterocycles. The standard InChI is InChI=1S/C24H32O11/c1-32-19-10-14(5-7-18(19)35-24-23(31)22(30)16(28)12-33-24)21(29)20(11-26)34-17-6-4-13(3-2-8-25)9-15(17)27/h4-7,9-10,16,20-31H,2-3,8,11-12H2,1H3/t16-,20-,21+,22+,23-,24-/m0/s1. The molecule has 0 saturated carbocycles. The van der Waals surface area contributed by atoms with Gasteiger partial charge in [-0.3, -0.25) is 0 Å². The number of aryl methyl sites for hydroxylation is 1. The highest BCUT2D eigenvalue weighted by molar-refractivity contribution is 5.45. The van der Waals surface area contributed by atoms with Gasteiger partial charge in [0.25, 0.3) is 0 Å². The number of phenols is 1. The lowest BCUT2D eigenvalue weighted by atomic mass is 10.0. The zero-order valence-electron chi connectivity index (χ0n) is 19.2.